The first-order valence-corrected chi connectivity index (χ1v) is 6.58. The van der Waals surface area contributed by atoms with Crippen LogP contribution in [0.1, 0.15) is 40.1 Å². The van der Waals surface area contributed by atoms with E-state index in [9.17, 15) is 19.2 Å². The monoisotopic (exact) mass is 316 g/mol. The highest BCUT2D eigenvalue weighted by Gasteiger charge is 2.21. The molecule has 0 heterocycles. The van der Waals surface area contributed by atoms with Gasteiger partial charge in [0.15, 0.2) is 0 Å². The number of rotatable bonds is 4. The maximum Gasteiger partial charge on any atom is 0.346 e. The van der Waals surface area contributed by atoms with E-state index in [1.165, 1.54) is 39.0 Å². The third-order valence-corrected chi connectivity index (χ3v) is 2.84. The van der Waals surface area contributed by atoms with Crippen LogP contribution in [0.2, 0.25) is 0 Å². The molecular weight excluding hydrogens is 300 g/mol. The van der Waals surface area contributed by atoms with Gasteiger partial charge in [-0.1, -0.05) is 19.2 Å². The van der Waals surface area contributed by atoms with Gasteiger partial charge in [-0.05, 0) is 38.5 Å². The number of ether oxygens (including phenoxy) is 2. The zero-order valence-corrected chi connectivity index (χ0v) is 13.1. The standard InChI is InChI=1S/C17H16O6/c1-9(2)14(18)22-16(20)12-7-6-8-13(11(12)5)17(21)23-15(19)10(3)4/h6-8H,1,3H2,2,4-5H3. The number of hydrogen-bond donors (Lipinski definition) is 0. The van der Waals surface area contributed by atoms with Crippen LogP contribution in [0, 0.1) is 6.92 Å². The second-order valence-corrected chi connectivity index (χ2v) is 4.89. The molecule has 0 aliphatic rings. The van der Waals surface area contributed by atoms with Crippen molar-refractivity contribution in [1.29, 1.82) is 0 Å². The minimum absolute atomic E-state index is 0.0109. The summed E-state index contributed by atoms with van der Waals surface area (Å²) in [4.78, 5) is 46.7. The maximum absolute atomic E-state index is 12.0. The zero-order valence-electron chi connectivity index (χ0n) is 13.1. The van der Waals surface area contributed by atoms with Crippen LogP contribution in [0.5, 0.6) is 0 Å². The molecule has 0 aromatic heterocycles. The van der Waals surface area contributed by atoms with Gasteiger partial charge in [-0.3, -0.25) is 0 Å². The minimum atomic E-state index is -0.920. The highest BCUT2D eigenvalue weighted by molar-refractivity contribution is 6.06. The van der Waals surface area contributed by atoms with Gasteiger partial charge in [0.25, 0.3) is 0 Å². The molecule has 0 unspecified atom stereocenters. The Morgan fingerprint density at radius 1 is 0.826 bits per heavy atom. The molecule has 0 amide bonds. The van der Waals surface area contributed by atoms with Crippen molar-refractivity contribution in [3.63, 3.8) is 0 Å². The predicted octanol–water partition coefficient (Wildman–Crippen LogP) is 2.51. The summed E-state index contributed by atoms with van der Waals surface area (Å²) < 4.78 is 9.24. The fourth-order valence-electron chi connectivity index (χ4n) is 1.53. The van der Waals surface area contributed by atoms with E-state index in [4.69, 9.17) is 0 Å². The summed E-state index contributed by atoms with van der Waals surface area (Å²) in [5, 5.41) is 0. The molecular formula is C17H16O6. The summed E-state index contributed by atoms with van der Waals surface area (Å²) >= 11 is 0. The van der Waals surface area contributed by atoms with Crippen LogP contribution >= 0.6 is 0 Å². The van der Waals surface area contributed by atoms with Gasteiger partial charge in [0.1, 0.15) is 0 Å². The van der Waals surface area contributed by atoms with Crippen molar-refractivity contribution in [2.45, 2.75) is 20.8 Å². The summed E-state index contributed by atoms with van der Waals surface area (Å²) in [7, 11) is 0. The van der Waals surface area contributed by atoms with Crippen molar-refractivity contribution >= 4 is 23.9 Å². The topological polar surface area (TPSA) is 86.7 Å². The van der Waals surface area contributed by atoms with E-state index >= 15 is 0 Å². The minimum Gasteiger partial charge on any atom is -0.386 e. The molecule has 0 bridgehead atoms. The molecule has 1 rings (SSSR count). The third-order valence-electron chi connectivity index (χ3n) is 2.84. The predicted molar refractivity (Wildman–Crippen MR) is 81.7 cm³/mol. The molecule has 0 N–H and O–H groups in total. The van der Waals surface area contributed by atoms with Crippen LogP contribution in [-0.2, 0) is 19.1 Å². The first kappa shape index (κ1) is 18.0. The molecule has 1 aromatic carbocycles. The van der Waals surface area contributed by atoms with E-state index in [1.807, 2.05) is 0 Å². The van der Waals surface area contributed by atoms with Crippen molar-refractivity contribution in [3.8, 4) is 0 Å². The fraction of sp³-hybridized carbons (Fsp3) is 0.176. The van der Waals surface area contributed by atoms with Gasteiger partial charge in [-0.2, -0.15) is 0 Å². The largest absolute Gasteiger partial charge is 0.386 e. The SMILES string of the molecule is C=C(C)C(=O)OC(=O)c1cccc(C(=O)OC(=O)C(=C)C)c1C. The Bertz CT molecular complexity index is 668. The Kier molecular flexibility index (Phi) is 5.73. The summed E-state index contributed by atoms with van der Waals surface area (Å²) in [6, 6.07) is 4.19. The quantitative estimate of drug-likeness (QED) is 0.482. The normalized spacial score (nSPS) is 9.70. The number of carbonyl (C=O) groups excluding carboxylic acids is 4. The fourth-order valence-corrected chi connectivity index (χ4v) is 1.53. The Labute approximate surface area is 133 Å². The molecule has 0 fully saturated rings. The van der Waals surface area contributed by atoms with Gasteiger partial charge in [0.05, 0.1) is 11.1 Å². The molecule has 120 valence electrons. The van der Waals surface area contributed by atoms with Gasteiger partial charge < -0.3 is 9.47 Å². The van der Waals surface area contributed by atoms with E-state index in [2.05, 4.69) is 22.6 Å². The molecule has 1 aromatic rings. The van der Waals surface area contributed by atoms with Crippen molar-refractivity contribution < 1.29 is 28.7 Å². The Morgan fingerprint density at radius 3 is 1.48 bits per heavy atom. The van der Waals surface area contributed by atoms with Crippen LogP contribution in [0.25, 0.3) is 0 Å². The highest BCUT2D eigenvalue weighted by atomic mass is 16.6. The molecule has 0 atom stereocenters. The van der Waals surface area contributed by atoms with Crippen LogP contribution < -0.4 is 0 Å². The number of esters is 4. The maximum atomic E-state index is 12.0. The number of carbonyl (C=O) groups is 4. The summed E-state index contributed by atoms with van der Waals surface area (Å²) in [5.74, 6) is -3.56. The van der Waals surface area contributed by atoms with Crippen molar-refractivity contribution in [2.24, 2.45) is 0 Å². The van der Waals surface area contributed by atoms with Gasteiger partial charge >= 0.3 is 23.9 Å². The van der Waals surface area contributed by atoms with Gasteiger partial charge in [-0.15, -0.1) is 0 Å². The van der Waals surface area contributed by atoms with E-state index in [-0.39, 0.29) is 27.8 Å². The summed E-state index contributed by atoms with van der Waals surface area (Å²) in [6.45, 7) is 11.0. The van der Waals surface area contributed by atoms with Crippen molar-refractivity contribution in [3.05, 3.63) is 59.2 Å². The Balaban J connectivity index is 3.07. The lowest BCUT2D eigenvalue weighted by atomic mass is 10.0. The molecule has 6 nitrogen and oxygen atoms in total. The van der Waals surface area contributed by atoms with E-state index in [0.29, 0.717) is 0 Å². The molecule has 23 heavy (non-hydrogen) atoms. The molecule has 0 saturated carbocycles. The smallest absolute Gasteiger partial charge is 0.346 e. The van der Waals surface area contributed by atoms with Gasteiger partial charge in [0, 0.05) is 11.1 Å². The molecule has 0 radical (unpaired) electrons. The van der Waals surface area contributed by atoms with Crippen molar-refractivity contribution in [1.82, 2.24) is 0 Å². The third kappa shape index (κ3) is 4.47. The van der Waals surface area contributed by atoms with E-state index in [1.54, 1.807) is 0 Å². The van der Waals surface area contributed by atoms with Crippen LogP contribution in [0.4, 0.5) is 0 Å². The summed E-state index contributed by atoms with van der Waals surface area (Å²) in [5.41, 5.74) is 0.387. The first-order valence-electron chi connectivity index (χ1n) is 6.58. The van der Waals surface area contributed by atoms with E-state index < -0.39 is 23.9 Å². The van der Waals surface area contributed by atoms with E-state index in [0.717, 1.165) is 0 Å². The lowest BCUT2D eigenvalue weighted by Crippen LogP contribution is -2.17. The average molecular weight is 316 g/mol. The zero-order chi connectivity index (χ0) is 17.7. The molecule has 6 heteroatoms. The van der Waals surface area contributed by atoms with Crippen LogP contribution in [-0.4, -0.2) is 23.9 Å². The second-order valence-electron chi connectivity index (χ2n) is 4.89. The first-order chi connectivity index (χ1) is 10.6. The Hall–Kier alpha value is -3.02. The molecule has 0 saturated heterocycles. The van der Waals surface area contributed by atoms with Crippen LogP contribution in [0.3, 0.4) is 0 Å². The molecule has 0 aliphatic heterocycles. The average Bonchev–Trinajstić information content (AvgIpc) is 2.46. The van der Waals surface area contributed by atoms with Crippen molar-refractivity contribution in [2.75, 3.05) is 0 Å². The lowest BCUT2D eigenvalue weighted by molar-refractivity contribution is -0.134. The van der Waals surface area contributed by atoms with Gasteiger partial charge in [-0.25, -0.2) is 19.2 Å². The molecule has 0 spiro atoms. The van der Waals surface area contributed by atoms with Gasteiger partial charge in [0.2, 0.25) is 0 Å². The summed E-state index contributed by atoms with van der Waals surface area (Å²) in [6.07, 6.45) is 0. The second kappa shape index (κ2) is 7.31. The Morgan fingerprint density at radius 2 is 1.17 bits per heavy atom. The molecule has 0 aliphatic carbocycles. The number of hydrogen-bond acceptors (Lipinski definition) is 6. The lowest BCUT2D eigenvalue weighted by Gasteiger charge is -2.09. The highest BCUT2D eigenvalue weighted by Crippen LogP contribution is 2.17. The van der Waals surface area contributed by atoms with Crippen LogP contribution in [0.15, 0.2) is 42.5 Å². The number of benzene rings is 1.